The van der Waals surface area contributed by atoms with Crippen LogP contribution < -0.4 is 5.73 Å². The largest absolute Gasteiger partial charge is 0.366 e. The van der Waals surface area contributed by atoms with E-state index in [1.54, 1.807) is 6.08 Å². The number of aromatic amines is 2. The molecule has 0 saturated heterocycles. The topological polar surface area (TPSA) is 87.6 Å². The molecule has 0 saturated carbocycles. The van der Waals surface area contributed by atoms with Gasteiger partial charge >= 0.3 is 0 Å². The minimum Gasteiger partial charge on any atom is -0.366 e. The Morgan fingerprint density at radius 2 is 2.11 bits per heavy atom. The van der Waals surface area contributed by atoms with Gasteiger partial charge in [0.15, 0.2) is 0 Å². The van der Waals surface area contributed by atoms with Crippen molar-refractivity contribution in [3.05, 3.63) is 48.3 Å². The van der Waals surface area contributed by atoms with Gasteiger partial charge in [-0.1, -0.05) is 24.3 Å². The maximum absolute atomic E-state index is 10.9. The van der Waals surface area contributed by atoms with Gasteiger partial charge in [0.05, 0.1) is 5.52 Å². The number of hydrogen-bond donors (Lipinski definition) is 3. The number of benzene rings is 1. The third-order valence-corrected chi connectivity index (χ3v) is 2.93. The lowest BCUT2D eigenvalue weighted by Gasteiger charge is -2.02. The number of fused-ring (bicyclic) bond motifs is 1. The molecule has 2 heterocycles. The van der Waals surface area contributed by atoms with Crippen LogP contribution >= 0.6 is 0 Å². The van der Waals surface area contributed by atoms with E-state index in [0.717, 1.165) is 27.7 Å². The molecule has 4 N–H and O–H groups in total. The van der Waals surface area contributed by atoms with Gasteiger partial charge in [0.25, 0.3) is 0 Å². The highest BCUT2D eigenvalue weighted by Gasteiger charge is 2.10. The van der Waals surface area contributed by atoms with Crippen molar-refractivity contribution in [2.24, 2.45) is 5.73 Å². The molecule has 19 heavy (non-hydrogen) atoms. The summed E-state index contributed by atoms with van der Waals surface area (Å²) in [5.74, 6) is -0.469. The Balaban J connectivity index is 2.15. The number of rotatable bonds is 3. The molecule has 5 nitrogen and oxygen atoms in total. The minimum atomic E-state index is -0.469. The highest BCUT2D eigenvalue weighted by atomic mass is 16.1. The molecule has 3 rings (SSSR count). The lowest BCUT2D eigenvalue weighted by molar-refractivity contribution is -0.113. The lowest BCUT2D eigenvalue weighted by Crippen LogP contribution is -2.05. The van der Waals surface area contributed by atoms with Gasteiger partial charge in [-0.05, 0) is 11.6 Å². The van der Waals surface area contributed by atoms with Gasteiger partial charge in [-0.25, -0.2) is 0 Å². The zero-order valence-corrected chi connectivity index (χ0v) is 10.1. The number of nitrogens with zero attached hydrogens (tertiary/aromatic N) is 1. The van der Waals surface area contributed by atoms with E-state index in [-0.39, 0.29) is 0 Å². The van der Waals surface area contributed by atoms with Crippen molar-refractivity contribution in [3.8, 4) is 11.3 Å². The summed E-state index contributed by atoms with van der Waals surface area (Å²) in [7, 11) is 0. The Morgan fingerprint density at radius 1 is 1.26 bits per heavy atom. The molecule has 94 valence electrons. The smallest absolute Gasteiger partial charge is 0.241 e. The summed E-state index contributed by atoms with van der Waals surface area (Å²) in [5.41, 5.74) is 8.78. The van der Waals surface area contributed by atoms with E-state index in [1.807, 2.05) is 36.7 Å². The zero-order chi connectivity index (χ0) is 13.2. The van der Waals surface area contributed by atoms with Crippen LogP contribution in [0.15, 0.2) is 42.7 Å². The van der Waals surface area contributed by atoms with Gasteiger partial charge in [-0.15, -0.1) is 0 Å². The molecule has 0 bridgehead atoms. The Hall–Kier alpha value is -2.82. The van der Waals surface area contributed by atoms with Crippen molar-refractivity contribution < 1.29 is 4.79 Å². The number of aromatic nitrogens is 3. The van der Waals surface area contributed by atoms with E-state index < -0.39 is 5.91 Å². The van der Waals surface area contributed by atoms with Gasteiger partial charge in [0.1, 0.15) is 5.69 Å². The summed E-state index contributed by atoms with van der Waals surface area (Å²) >= 11 is 0. The molecule has 0 atom stereocenters. The molecule has 5 heteroatoms. The first-order chi connectivity index (χ1) is 9.25. The molecule has 2 aromatic heterocycles. The molecule has 0 aliphatic carbocycles. The van der Waals surface area contributed by atoms with Crippen molar-refractivity contribution in [1.29, 1.82) is 0 Å². The molecule has 0 fully saturated rings. The number of H-pyrrole nitrogens is 2. The van der Waals surface area contributed by atoms with Gasteiger partial charge in [0, 0.05) is 29.4 Å². The van der Waals surface area contributed by atoms with Gasteiger partial charge in [-0.3, -0.25) is 9.89 Å². The van der Waals surface area contributed by atoms with E-state index >= 15 is 0 Å². The molecule has 3 aromatic rings. The fourth-order valence-corrected chi connectivity index (χ4v) is 2.06. The van der Waals surface area contributed by atoms with Gasteiger partial charge < -0.3 is 10.7 Å². The lowest BCUT2D eigenvalue weighted by atomic mass is 10.0. The Morgan fingerprint density at radius 3 is 2.95 bits per heavy atom. The van der Waals surface area contributed by atoms with Crippen LogP contribution in [0.2, 0.25) is 0 Å². The van der Waals surface area contributed by atoms with E-state index in [0.29, 0.717) is 0 Å². The third-order valence-electron chi connectivity index (χ3n) is 2.93. The van der Waals surface area contributed by atoms with Crippen LogP contribution in [0, 0.1) is 0 Å². The predicted molar refractivity (Wildman–Crippen MR) is 74.1 cm³/mol. The van der Waals surface area contributed by atoms with Crippen LogP contribution in [-0.2, 0) is 4.79 Å². The van der Waals surface area contributed by atoms with E-state index in [1.165, 1.54) is 6.08 Å². The van der Waals surface area contributed by atoms with Crippen molar-refractivity contribution in [2.45, 2.75) is 0 Å². The number of carbonyl (C=O) groups excluding carboxylic acids is 1. The number of primary amides is 1. The van der Waals surface area contributed by atoms with E-state index in [9.17, 15) is 4.79 Å². The minimum absolute atomic E-state index is 0.469. The van der Waals surface area contributed by atoms with Gasteiger partial charge in [-0.2, -0.15) is 5.10 Å². The number of nitrogens with one attached hydrogen (secondary N) is 2. The monoisotopic (exact) mass is 252 g/mol. The summed E-state index contributed by atoms with van der Waals surface area (Å²) in [5, 5.41) is 8.29. The highest BCUT2D eigenvalue weighted by Crippen LogP contribution is 2.29. The quantitative estimate of drug-likeness (QED) is 0.623. The average molecular weight is 252 g/mol. The second kappa shape index (κ2) is 4.45. The first-order valence-electron chi connectivity index (χ1n) is 5.83. The van der Waals surface area contributed by atoms with Crippen LogP contribution in [0.3, 0.4) is 0 Å². The third kappa shape index (κ3) is 2.01. The summed E-state index contributed by atoms with van der Waals surface area (Å²) in [6.45, 7) is 0. The molecule has 1 aromatic carbocycles. The molecule has 0 radical (unpaired) electrons. The zero-order valence-electron chi connectivity index (χ0n) is 10.1. The van der Waals surface area contributed by atoms with Crippen LogP contribution in [-0.4, -0.2) is 21.1 Å². The average Bonchev–Trinajstić information content (AvgIpc) is 2.99. The maximum Gasteiger partial charge on any atom is 0.241 e. The normalized spacial score (nSPS) is 11.4. The van der Waals surface area contributed by atoms with Crippen LogP contribution in [0.1, 0.15) is 5.56 Å². The molecule has 0 spiro atoms. The molecular weight excluding hydrogens is 240 g/mol. The summed E-state index contributed by atoms with van der Waals surface area (Å²) in [6.07, 6.45) is 6.79. The molecular formula is C14H12N4O. The van der Waals surface area contributed by atoms with Crippen LogP contribution in [0.4, 0.5) is 0 Å². The Bertz CT molecular complexity index is 766. The Kier molecular flexibility index (Phi) is 2.64. The van der Waals surface area contributed by atoms with Crippen molar-refractivity contribution in [3.63, 3.8) is 0 Å². The molecule has 0 aliphatic rings. The van der Waals surface area contributed by atoms with Crippen LogP contribution in [0.25, 0.3) is 28.2 Å². The number of nitrogens with two attached hydrogens (primary N) is 1. The van der Waals surface area contributed by atoms with Crippen molar-refractivity contribution in [2.75, 3.05) is 0 Å². The summed E-state index contributed by atoms with van der Waals surface area (Å²) in [6, 6.07) is 7.72. The molecule has 0 unspecified atom stereocenters. The van der Waals surface area contributed by atoms with E-state index in [2.05, 4.69) is 15.2 Å². The van der Waals surface area contributed by atoms with Crippen LogP contribution in [0.5, 0.6) is 0 Å². The second-order valence-electron chi connectivity index (χ2n) is 4.18. The molecule has 1 amide bonds. The molecule has 0 aliphatic heterocycles. The fraction of sp³-hybridized carbons (Fsp3) is 0. The highest BCUT2D eigenvalue weighted by molar-refractivity contribution is 5.96. The number of amides is 1. The number of carbonyl (C=O) groups is 1. The van der Waals surface area contributed by atoms with E-state index in [4.69, 9.17) is 5.73 Å². The fourth-order valence-electron chi connectivity index (χ4n) is 2.06. The summed E-state index contributed by atoms with van der Waals surface area (Å²) in [4.78, 5) is 13.9. The first kappa shape index (κ1) is 11.3. The Labute approximate surface area is 109 Å². The SMILES string of the molecule is NC(=O)/C=C\c1ccccc1-c1n[nH]c2c[nH]cc12. The maximum atomic E-state index is 10.9. The van der Waals surface area contributed by atoms with Crippen molar-refractivity contribution in [1.82, 2.24) is 15.2 Å². The number of hydrogen-bond acceptors (Lipinski definition) is 2. The standard InChI is InChI=1S/C14H12N4O/c15-13(19)6-5-9-3-1-2-4-10(9)14-11-7-16-8-12(11)17-18-14/h1-8,16-17H,(H2,15,19)/b6-5-. The van der Waals surface area contributed by atoms with Crippen molar-refractivity contribution >= 4 is 22.9 Å². The second-order valence-corrected chi connectivity index (χ2v) is 4.18. The van der Waals surface area contributed by atoms with Gasteiger partial charge in [0.2, 0.25) is 5.91 Å². The summed E-state index contributed by atoms with van der Waals surface area (Å²) < 4.78 is 0. The predicted octanol–water partition coefficient (Wildman–Crippen LogP) is 2.06. The first-order valence-corrected chi connectivity index (χ1v) is 5.83.